The van der Waals surface area contributed by atoms with Crippen LogP contribution in [-0.2, 0) is 11.3 Å². The third-order valence-corrected chi connectivity index (χ3v) is 3.12. The van der Waals surface area contributed by atoms with Crippen molar-refractivity contribution >= 4 is 23.3 Å². The summed E-state index contributed by atoms with van der Waals surface area (Å²) in [6.07, 6.45) is 2.18. The molecule has 0 aliphatic heterocycles. The number of aldehydes is 1. The minimum absolute atomic E-state index is 0.415. The Bertz CT molecular complexity index is 708. The van der Waals surface area contributed by atoms with Crippen LogP contribution < -0.4 is 0 Å². The number of carbonyl (C=O) groups is 2. The van der Waals surface area contributed by atoms with E-state index in [-0.39, 0.29) is 0 Å². The second-order valence-corrected chi connectivity index (χ2v) is 6.64. The molecule has 5 nitrogen and oxygen atoms in total. The van der Waals surface area contributed by atoms with Crippen molar-refractivity contribution in [2.45, 2.75) is 32.9 Å². The lowest BCUT2D eigenvalue weighted by molar-refractivity contribution is 0.0544. The van der Waals surface area contributed by atoms with E-state index in [9.17, 15) is 9.59 Å². The molecule has 2 rings (SSSR count). The van der Waals surface area contributed by atoms with Crippen LogP contribution in [0.15, 0.2) is 24.4 Å². The molecule has 22 heavy (non-hydrogen) atoms. The fourth-order valence-electron chi connectivity index (χ4n) is 2.32. The summed E-state index contributed by atoms with van der Waals surface area (Å²) in [6, 6.07) is 5.29. The van der Waals surface area contributed by atoms with Crippen molar-refractivity contribution in [1.29, 1.82) is 0 Å². The molecule has 0 aliphatic carbocycles. The zero-order valence-electron chi connectivity index (χ0n) is 13.7. The maximum atomic E-state index is 12.4. The molecule has 0 aliphatic rings. The number of benzene rings is 1. The highest BCUT2D eigenvalue weighted by molar-refractivity contribution is 5.95. The van der Waals surface area contributed by atoms with Crippen LogP contribution >= 0.6 is 0 Å². The number of ether oxygens (including phenoxy) is 1. The normalized spacial score (nSPS) is 11.9. The van der Waals surface area contributed by atoms with Gasteiger partial charge in [0.1, 0.15) is 11.9 Å². The second-order valence-electron chi connectivity index (χ2n) is 6.64. The first kappa shape index (κ1) is 16.2. The number of carbonyl (C=O) groups excluding carboxylic acids is 2. The highest BCUT2D eigenvalue weighted by Gasteiger charge is 2.21. The van der Waals surface area contributed by atoms with Gasteiger partial charge in [-0.15, -0.1) is 0 Å². The van der Waals surface area contributed by atoms with Crippen molar-refractivity contribution in [3.05, 3.63) is 35.5 Å². The van der Waals surface area contributed by atoms with Gasteiger partial charge in [-0.1, -0.05) is 0 Å². The van der Waals surface area contributed by atoms with Crippen molar-refractivity contribution in [3.8, 4) is 0 Å². The van der Waals surface area contributed by atoms with E-state index in [0.29, 0.717) is 12.1 Å². The summed E-state index contributed by atoms with van der Waals surface area (Å²) >= 11 is 0. The van der Waals surface area contributed by atoms with Crippen LogP contribution in [0, 0.1) is 0 Å². The molecule has 0 amide bonds. The second kappa shape index (κ2) is 5.93. The fraction of sp³-hybridized carbons (Fsp3) is 0.412. The molecular formula is C17H22N2O3. The van der Waals surface area contributed by atoms with Gasteiger partial charge in [-0.2, -0.15) is 0 Å². The van der Waals surface area contributed by atoms with Gasteiger partial charge in [0.25, 0.3) is 0 Å². The number of hydrogen-bond acceptors (Lipinski definition) is 4. The largest absolute Gasteiger partial charge is 0.443 e. The minimum atomic E-state index is -0.557. The minimum Gasteiger partial charge on any atom is -0.443 e. The van der Waals surface area contributed by atoms with Gasteiger partial charge in [0.05, 0.1) is 5.52 Å². The molecular weight excluding hydrogens is 280 g/mol. The molecule has 5 heteroatoms. The van der Waals surface area contributed by atoms with E-state index in [4.69, 9.17) is 4.74 Å². The summed E-state index contributed by atoms with van der Waals surface area (Å²) in [5.74, 6) is 0. The Morgan fingerprint density at radius 2 is 2.00 bits per heavy atom. The number of rotatable bonds is 3. The van der Waals surface area contributed by atoms with Gasteiger partial charge in [-0.3, -0.25) is 9.36 Å². The zero-order chi connectivity index (χ0) is 16.5. The molecule has 0 unspecified atom stereocenters. The molecule has 0 bridgehead atoms. The molecule has 118 valence electrons. The number of fused-ring (bicyclic) bond motifs is 1. The van der Waals surface area contributed by atoms with Gasteiger partial charge in [0.2, 0.25) is 0 Å². The van der Waals surface area contributed by atoms with E-state index >= 15 is 0 Å². The standard InChI is InChI=1S/C17H22N2O3/c1-17(2,3)22-16(21)19-10-13(9-18(4)5)14-8-12(11-20)6-7-15(14)19/h6-8,10-11H,9H2,1-5H3. The lowest BCUT2D eigenvalue weighted by atomic mass is 10.1. The van der Waals surface area contributed by atoms with Crippen molar-refractivity contribution in [2.24, 2.45) is 0 Å². The molecule has 1 aromatic heterocycles. The van der Waals surface area contributed by atoms with Crippen molar-refractivity contribution in [2.75, 3.05) is 14.1 Å². The predicted molar refractivity (Wildman–Crippen MR) is 86.3 cm³/mol. The Morgan fingerprint density at radius 3 is 2.55 bits per heavy atom. The molecule has 0 saturated carbocycles. The monoisotopic (exact) mass is 302 g/mol. The van der Waals surface area contributed by atoms with Crippen LogP contribution in [0.25, 0.3) is 10.9 Å². The molecule has 0 fully saturated rings. The summed E-state index contributed by atoms with van der Waals surface area (Å²) in [4.78, 5) is 25.4. The first-order valence-corrected chi connectivity index (χ1v) is 7.18. The summed E-state index contributed by atoms with van der Waals surface area (Å²) < 4.78 is 6.96. The van der Waals surface area contributed by atoms with E-state index in [2.05, 4.69) is 0 Å². The van der Waals surface area contributed by atoms with Crippen LogP contribution in [0.5, 0.6) is 0 Å². The molecule has 1 aromatic carbocycles. The van der Waals surface area contributed by atoms with Gasteiger partial charge >= 0.3 is 6.09 Å². The lowest BCUT2D eigenvalue weighted by Crippen LogP contribution is -2.26. The predicted octanol–water partition coefficient (Wildman–Crippen LogP) is 3.30. The van der Waals surface area contributed by atoms with E-state index in [0.717, 1.165) is 22.8 Å². The fourth-order valence-corrected chi connectivity index (χ4v) is 2.32. The Labute approximate surface area is 130 Å². The van der Waals surface area contributed by atoms with Gasteiger partial charge in [0, 0.05) is 23.7 Å². The van der Waals surface area contributed by atoms with Crippen LogP contribution in [0.2, 0.25) is 0 Å². The SMILES string of the molecule is CN(C)Cc1cn(C(=O)OC(C)(C)C)c2ccc(C=O)cc12. The van der Waals surface area contributed by atoms with Gasteiger partial charge in [0.15, 0.2) is 0 Å². The lowest BCUT2D eigenvalue weighted by Gasteiger charge is -2.19. The summed E-state index contributed by atoms with van der Waals surface area (Å²) in [5.41, 5.74) is 1.76. The van der Waals surface area contributed by atoms with E-state index in [1.165, 1.54) is 4.57 Å². The molecule has 0 spiro atoms. The quantitative estimate of drug-likeness (QED) is 0.816. The van der Waals surface area contributed by atoms with Crippen LogP contribution in [0.1, 0.15) is 36.7 Å². The van der Waals surface area contributed by atoms with Crippen molar-refractivity contribution in [1.82, 2.24) is 9.47 Å². The average Bonchev–Trinajstić information content (AvgIpc) is 2.74. The van der Waals surface area contributed by atoms with Crippen molar-refractivity contribution < 1.29 is 14.3 Å². The topological polar surface area (TPSA) is 51.5 Å². The van der Waals surface area contributed by atoms with Crippen LogP contribution in [0.3, 0.4) is 0 Å². The molecule has 0 radical (unpaired) electrons. The third-order valence-electron chi connectivity index (χ3n) is 3.12. The number of hydrogen-bond donors (Lipinski definition) is 0. The molecule has 0 N–H and O–H groups in total. The Kier molecular flexibility index (Phi) is 4.37. The maximum Gasteiger partial charge on any atom is 0.419 e. The maximum absolute atomic E-state index is 12.4. The summed E-state index contributed by atoms with van der Waals surface area (Å²) in [7, 11) is 3.92. The number of nitrogens with zero attached hydrogens (tertiary/aromatic N) is 2. The van der Waals surface area contributed by atoms with E-state index in [1.54, 1.807) is 18.3 Å². The van der Waals surface area contributed by atoms with Gasteiger partial charge in [-0.05, 0) is 58.6 Å². The first-order chi connectivity index (χ1) is 10.2. The first-order valence-electron chi connectivity index (χ1n) is 7.18. The van der Waals surface area contributed by atoms with E-state index in [1.807, 2.05) is 45.8 Å². The smallest absolute Gasteiger partial charge is 0.419 e. The zero-order valence-corrected chi connectivity index (χ0v) is 13.7. The average molecular weight is 302 g/mol. The Morgan fingerprint density at radius 1 is 1.32 bits per heavy atom. The Balaban J connectivity index is 2.55. The summed E-state index contributed by atoms with van der Waals surface area (Å²) in [6.45, 7) is 6.18. The molecule has 0 atom stereocenters. The highest BCUT2D eigenvalue weighted by atomic mass is 16.6. The molecule has 1 heterocycles. The molecule has 2 aromatic rings. The number of aromatic nitrogens is 1. The highest BCUT2D eigenvalue weighted by Crippen LogP contribution is 2.24. The van der Waals surface area contributed by atoms with E-state index < -0.39 is 11.7 Å². The van der Waals surface area contributed by atoms with Gasteiger partial charge in [-0.25, -0.2) is 4.79 Å². The van der Waals surface area contributed by atoms with Crippen LogP contribution in [0.4, 0.5) is 4.79 Å². The summed E-state index contributed by atoms with van der Waals surface area (Å²) in [5, 5.41) is 0.893. The van der Waals surface area contributed by atoms with Crippen LogP contribution in [-0.4, -0.2) is 41.5 Å². The van der Waals surface area contributed by atoms with Crippen molar-refractivity contribution in [3.63, 3.8) is 0 Å². The Hall–Kier alpha value is -2.14. The van der Waals surface area contributed by atoms with Gasteiger partial charge < -0.3 is 9.64 Å². The molecule has 0 saturated heterocycles. The third kappa shape index (κ3) is 3.54.